The van der Waals surface area contributed by atoms with E-state index in [0.717, 1.165) is 16.8 Å². The number of hydrogen-bond donors (Lipinski definition) is 3. The van der Waals surface area contributed by atoms with E-state index in [2.05, 4.69) is 15.4 Å². The van der Waals surface area contributed by atoms with Gasteiger partial charge in [-0.2, -0.15) is 0 Å². The Morgan fingerprint density at radius 2 is 1.62 bits per heavy atom. The van der Waals surface area contributed by atoms with Crippen LogP contribution < -0.4 is 15.4 Å². The smallest absolute Gasteiger partial charge is 0.319 e. The average Bonchev–Trinajstić information content (AvgIpc) is 2.54. The van der Waals surface area contributed by atoms with E-state index in [-0.39, 0.29) is 24.0 Å². The fourth-order valence-electron chi connectivity index (χ4n) is 2.04. The van der Waals surface area contributed by atoms with Gasteiger partial charge in [-0.3, -0.25) is 0 Å². The molecule has 7 heteroatoms. The molecule has 0 aromatic heterocycles. The molecular formula is C17H21N3O3S. The van der Waals surface area contributed by atoms with Gasteiger partial charge in [-0.25, -0.2) is 17.9 Å². The number of rotatable bonds is 6. The quantitative estimate of drug-likeness (QED) is 0.701. The van der Waals surface area contributed by atoms with Gasteiger partial charge in [0.2, 0.25) is 10.0 Å². The van der Waals surface area contributed by atoms with Crippen LogP contribution >= 0.6 is 0 Å². The zero-order valence-corrected chi connectivity index (χ0v) is 14.5. The maximum atomic E-state index is 12.1. The predicted molar refractivity (Wildman–Crippen MR) is 94.6 cm³/mol. The Morgan fingerprint density at radius 1 is 0.958 bits per heavy atom. The number of para-hydroxylation sites is 1. The SMILES string of the molecule is Cc1ccc(S(=O)(=O)NCCNC(=O)Nc2ccccc2C)cc1. The summed E-state index contributed by atoms with van der Waals surface area (Å²) in [5.41, 5.74) is 2.66. The molecule has 0 atom stereocenters. The summed E-state index contributed by atoms with van der Waals surface area (Å²) in [5, 5.41) is 5.33. The van der Waals surface area contributed by atoms with Gasteiger partial charge in [0, 0.05) is 18.8 Å². The van der Waals surface area contributed by atoms with Gasteiger partial charge in [-0.05, 0) is 37.6 Å². The molecule has 0 bridgehead atoms. The maximum absolute atomic E-state index is 12.1. The Bertz CT molecular complexity index is 802. The van der Waals surface area contributed by atoms with Gasteiger partial charge < -0.3 is 10.6 Å². The van der Waals surface area contributed by atoms with Crippen molar-refractivity contribution in [1.29, 1.82) is 0 Å². The molecule has 128 valence electrons. The first-order valence-electron chi connectivity index (χ1n) is 7.55. The highest BCUT2D eigenvalue weighted by Gasteiger charge is 2.12. The molecule has 0 spiro atoms. The molecule has 0 fully saturated rings. The molecule has 2 amide bonds. The minimum absolute atomic E-state index is 0.109. The Hall–Kier alpha value is -2.38. The topological polar surface area (TPSA) is 87.3 Å². The second kappa shape index (κ2) is 7.94. The van der Waals surface area contributed by atoms with E-state index < -0.39 is 10.0 Å². The van der Waals surface area contributed by atoms with Gasteiger partial charge in [0.15, 0.2) is 0 Å². The van der Waals surface area contributed by atoms with Gasteiger partial charge in [-0.1, -0.05) is 35.9 Å². The molecule has 0 saturated heterocycles. The van der Waals surface area contributed by atoms with Crippen LogP contribution in [0.2, 0.25) is 0 Å². The van der Waals surface area contributed by atoms with Crippen molar-refractivity contribution in [2.75, 3.05) is 18.4 Å². The van der Waals surface area contributed by atoms with Crippen LogP contribution in [0.15, 0.2) is 53.4 Å². The molecule has 6 nitrogen and oxygen atoms in total. The Labute approximate surface area is 142 Å². The number of aryl methyl sites for hydroxylation is 2. The van der Waals surface area contributed by atoms with Crippen molar-refractivity contribution in [3.8, 4) is 0 Å². The summed E-state index contributed by atoms with van der Waals surface area (Å²) >= 11 is 0. The van der Waals surface area contributed by atoms with Crippen LogP contribution in [0.4, 0.5) is 10.5 Å². The van der Waals surface area contributed by atoms with Gasteiger partial charge in [-0.15, -0.1) is 0 Å². The molecule has 0 unspecified atom stereocenters. The van der Waals surface area contributed by atoms with Crippen molar-refractivity contribution in [3.05, 3.63) is 59.7 Å². The maximum Gasteiger partial charge on any atom is 0.319 e. The van der Waals surface area contributed by atoms with Crippen LogP contribution in [0.5, 0.6) is 0 Å². The molecule has 0 aliphatic rings. The van der Waals surface area contributed by atoms with Gasteiger partial charge in [0.1, 0.15) is 0 Å². The molecule has 2 rings (SSSR count). The summed E-state index contributed by atoms with van der Waals surface area (Å²) < 4.78 is 26.6. The zero-order chi connectivity index (χ0) is 17.6. The van der Waals surface area contributed by atoms with E-state index in [1.54, 1.807) is 30.3 Å². The number of carbonyl (C=O) groups is 1. The summed E-state index contributed by atoms with van der Waals surface area (Å²) in [4.78, 5) is 12.0. The molecule has 0 aliphatic carbocycles. The fraction of sp³-hybridized carbons (Fsp3) is 0.235. The summed E-state index contributed by atoms with van der Waals surface area (Å²) in [6.45, 7) is 4.08. The number of urea groups is 1. The van der Waals surface area contributed by atoms with Gasteiger partial charge in [0.25, 0.3) is 0 Å². The van der Waals surface area contributed by atoms with Crippen molar-refractivity contribution in [2.24, 2.45) is 0 Å². The number of benzene rings is 2. The average molecular weight is 347 g/mol. The monoisotopic (exact) mass is 347 g/mol. The third-order valence-electron chi connectivity index (χ3n) is 3.43. The standard InChI is InChI=1S/C17H21N3O3S/c1-13-7-9-15(10-8-13)24(22,23)19-12-11-18-17(21)20-16-6-4-3-5-14(16)2/h3-10,19H,11-12H2,1-2H3,(H2,18,20,21). The highest BCUT2D eigenvalue weighted by Crippen LogP contribution is 2.12. The summed E-state index contributed by atoms with van der Waals surface area (Å²) in [7, 11) is -3.56. The number of sulfonamides is 1. The van der Waals surface area contributed by atoms with E-state index >= 15 is 0 Å². The van der Waals surface area contributed by atoms with E-state index in [1.165, 1.54) is 0 Å². The van der Waals surface area contributed by atoms with Crippen molar-refractivity contribution in [3.63, 3.8) is 0 Å². The zero-order valence-electron chi connectivity index (χ0n) is 13.7. The number of amides is 2. The fourth-order valence-corrected chi connectivity index (χ4v) is 3.07. The molecule has 2 aromatic carbocycles. The first-order chi connectivity index (χ1) is 11.4. The second-order valence-electron chi connectivity index (χ2n) is 5.41. The Morgan fingerprint density at radius 3 is 2.29 bits per heavy atom. The number of anilines is 1. The van der Waals surface area contributed by atoms with Crippen molar-refractivity contribution in [2.45, 2.75) is 18.7 Å². The van der Waals surface area contributed by atoms with Crippen LogP contribution in [-0.4, -0.2) is 27.5 Å². The first-order valence-corrected chi connectivity index (χ1v) is 9.03. The van der Waals surface area contributed by atoms with Crippen molar-refractivity contribution in [1.82, 2.24) is 10.0 Å². The second-order valence-corrected chi connectivity index (χ2v) is 7.17. The molecule has 24 heavy (non-hydrogen) atoms. The summed E-state index contributed by atoms with van der Waals surface area (Å²) in [5.74, 6) is 0. The third kappa shape index (κ3) is 5.07. The minimum Gasteiger partial charge on any atom is -0.337 e. The Kier molecular flexibility index (Phi) is 5.94. The lowest BCUT2D eigenvalue weighted by Gasteiger charge is -2.10. The van der Waals surface area contributed by atoms with Crippen LogP contribution in [0.3, 0.4) is 0 Å². The molecule has 0 heterocycles. The lowest BCUT2D eigenvalue weighted by Crippen LogP contribution is -2.36. The van der Waals surface area contributed by atoms with Crippen LogP contribution in [0.1, 0.15) is 11.1 Å². The lowest BCUT2D eigenvalue weighted by molar-refractivity contribution is 0.252. The predicted octanol–water partition coefficient (Wildman–Crippen LogP) is 2.40. The van der Waals surface area contributed by atoms with Crippen LogP contribution in [0, 0.1) is 13.8 Å². The highest BCUT2D eigenvalue weighted by atomic mass is 32.2. The lowest BCUT2D eigenvalue weighted by atomic mass is 10.2. The third-order valence-corrected chi connectivity index (χ3v) is 4.90. The van der Waals surface area contributed by atoms with E-state index in [4.69, 9.17) is 0 Å². The van der Waals surface area contributed by atoms with E-state index in [9.17, 15) is 13.2 Å². The molecule has 2 aromatic rings. The Balaban J connectivity index is 1.79. The van der Waals surface area contributed by atoms with Crippen molar-refractivity contribution < 1.29 is 13.2 Å². The summed E-state index contributed by atoms with van der Waals surface area (Å²) in [6, 6.07) is 13.6. The molecule has 3 N–H and O–H groups in total. The summed E-state index contributed by atoms with van der Waals surface area (Å²) in [6.07, 6.45) is 0. The van der Waals surface area contributed by atoms with E-state index in [0.29, 0.717) is 0 Å². The minimum atomic E-state index is -3.56. The normalized spacial score (nSPS) is 11.1. The molecular weight excluding hydrogens is 326 g/mol. The van der Waals surface area contributed by atoms with Gasteiger partial charge in [0.05, 0.1) is 4.90 Å². The van der Waals surface area contributed by atoms with Crippen LogP contribution in [0.25, 0.3) is 0 Å². The number of carbonyl (C=O) groups excluding carboxylic acids is 1. The highest BCUT2D eigenvalue weighted by molar-refractivity contribution is 7.89. The molecule has 0 saturated carbocycles. The molecule has 0 radical (unpaired) electrons. The van der Waals surface area contributed by atoms with Crippen LogP contribution in [-0.2, 0) is 10.0 Å². The number of hydrogen-bond acceptors (Lipinski definition) is 3. The molecule has 0 aliphatic heterocycles. The first kappa shape index (κ1) is 18.0. The van der Waals surface area contributed by atoms with Gasteiger partial charge >= 0.3 is 6.03 Å². The number of nitrogens with one attached hydrogen (secondary N) is 3. The van der Waals surface area contributed by atoms with E-state index in [1.807, 2.05) is 32.0 Å². The largest absolute Gasteiger partial charge is 0.337 e. The van der Waals surface area contributed by atoms with Crippen molar-refractivity contribution >= 4 is 21.7 Å².